The number of allylic oxidation sites excluding steroid dienone is 1. The second-order valence-corrected chi connectivity index (χ2v) is 2.97. The van der Waals surface area contributed by atoms with E-state index in [4.69, 9.17) is 4.74 Å². The van der Waals surface area contributed by atoms with Crippen LogP contribution in [0.5, 0.6) is 0 Å². The molecular weight excluding hydrogens is 176 g/mol. The zero-order chi connectivity index (χ0) is 10.4. The molecule has 0 aliphatic carbocycles. The largest absolute Gasteiger partial charge is 0.431 e. The monoisotopic (exact) mass is 190 g/mol. The van der Waals surface area contributed by atoms with Crippen LogP contribution < -0.4 is 0 Å². The first-order valence-electron chi connectivity index (χ1n) is 4.66. The van der Waals surface area contributed by atoms with Gasteiger partial charge in [-0.1, -0.05) is 37.3 Å². The van der Waals surface area contributed by atoms with Crippen LogP contribution in [0.15, 0.2) is 36.1 Å². The Hall–Kier alpha value is -1.57. The van der Waals surface area contributed by atoms with Crippen LogP contribution in [0, 0.1) is 0 Å². The lowest BCUT2D eigenvalue weighted by atomic mass is 10.2. The maximum Gasteiger partial charge on any atom is 0.307 e. The molecule has 0 saturated heterocycles. The summed E-state index contributed by atoms with van der Waals surface area (Å²) in [5.74, 6) is 0.428. The van der Waals surface area contributed by atoms with Gasteiger partial charge in [-0.3, -0.25) is 4.79 Å². The summed E-state index contributed by atoms with van der Waals surface area (Å²) in [6.07, 6.45) is 2.59. The maximum absolute atomic E-state index is 10.7. The Morgan fingerprint density at radius 1 is 1.36 bits per heavy atom. The van der Waals surface area contributed by atoms with Gasteiger partial charge >= 0.3 is 5.97 Å². The molecule has 0 radical (unpaired) electrons. The molecule has 0 spiro atoms. The molecule has 0 N–H and O–H groups in total. The highest BCUT2D eigenvalue weighted by Gasteiger charge is 1.99. The second-order valence-electron chi connectivity index (χ2n) is 2.97. The minimum Gasteiger partial charge on any atom is -0.431 e. The predicted octanol–water partition coefficient (Wildman–Crippen LogP) is 3.00. The summed E-state index contributed by atoms with van der Waals surface area (Å²) < 4.78 is 5.03. The zero-order valence-corrected chi connectivity index (χ0v) is 8.49. The van der Waals surface area contributed by atoms with Crippen LogP contribution >= 0.6 is 0 Å². The lowest BCUT2D eigenvalue weighted by Crippen LogP contribution is -1.97. The molecule has 0 saturated carbocycles. The van der Waals surface area contributed by atoms with Crippen molar-refractivity contribution >= 4 is 12.0 Å². The molecule has 0 amide bonds. The minimum absolute atomic E-state index is 0.269. The van der Waals surface area contributed by atoms with E-state index in [1.165, 1.54) is 6.92 Å². The number of benzene rings is 1. The smallest absolute Gasteiger partial charge is 0.307 e. The van der Waals surface area contributed by atoms with E-state index in [9.17, 15) is 4.79 Å². The van der Waals surface area contributed by atoms with Crippen LogP contribution in [0.3, 0.4) is 0 Å². The number of hydrogen-bond acceptors (Lipinski definition) is 2. The van der Waals surface area contributed by atoms with Gasteiger partial charge < -0.3 is 4.74 Å². The topological polar surface area (TPSA) is 26.3 Å². The van der Waals surface area contributed by atoms with Gasteiger partial charge in [0.2, 0.25) is 0 Å². The summed E-state index contributed by atoms with van der Waals surface area (Å²) in [5.41, 5.74) is 1.05. The number of esters is 1. The number of ether oxygens (including phenoxy) is 1. The highest BCUT2D eigenvalue weighted by molar-refractivity contribution is 5.68. The molecule has 0 heterocycles. The van der Waals surface area contributed by atoms with Gasteiger partial charge in [-0.25, -0.2) is 0 Å². The fourth-order valence-corrected chi connectivity index (χ4v) is 1.12. The Morgan fingerprint density at radius 3 is 2.50 bits per heavy atom. The van der Waals surface area contributed by atoms with Crippen LogP contribution in [0.1, 0.15) is 25.8 Å². The molecule has 0 aromatic heterocycles. The quantitative estimate of drug-likeness (QED) is 0.541. The zero-order valence-electron chi connectivity index (χ0n) is 8.49. The molecule has 2 heteroatoms. The predicted molar refractivity (Wildman–Crippen MR) is 56.5 cm³/mol. The van der Waals surface area contributed by atoms with Gasteiger partial charge in [-0.05, 0) is 11.6 Å². The molecule has 0 aliphatic heterocycles. The molecule has 0 bridgehead atoms. The molecule has 0 unspecified atom stereocenters. The SMILES string of the molecule is CC/C(=C\c1ccccc1)OC(C)=O. The molecular formula is C12H14O2. The van der Waals surface area contributed by atoms with Gasteiger partial charge in [-0.15, -0.1) is 0 Å². The van der Waals surface area contributed by atoms with Crippen LogP contribution in [-0.2, 0) is 9.53 Å². The number of hydrogen-bond donors (Lipinski definition) is 0. The van der Waals surface area contributed by atoms with Crippen molar-refractivity contribution in [1.29, 1.82) is 0 Å². The first-order valence-corrected chi connectivity index (χ1v) is 4.66. The van der Waals surface area contributed by atoms with Crippen molar-refractivity contribution in [1.82, 2.24) is 0 Å². The Bertz CT molecular complexity index is 325. The molecule has 74 valence electrons. The van der Waals surface area contributed by atoms with Crippen molar-refractivity contribution in [2.24, 2.45) is 0 Å². The molecule has 0 atom stereocenters. The molecule has 1 aromatic carbocycles. The van der Waals surface area contributed by atoms with E-state index in [1.54, 1.807) is 0 Å². The van der Waals surface area contributed by atoms with Crippen molar-refractivity contribution in [3.05, 3.63) is 41.7 Å². The third-order valence-electron chi connectivity index (χ3n) is 1.75. The summed E-state index contributed by atoms with van der Waals surface area (Å²) in [4.78, 5) is 10.7. The summed E-state index contributed by atoms with van der Waals surface area (Å²) in [7, 11) is 0. The Kier molecular flexibility index (Phi) is 3.92. The Labute approximate surface area is 84.2 Å². The molecule has 0 fully saturated rings. The highest BCUT2D eigenvalue weighted by atomic mass is 16.5. The highest BCUT2D eigenvalue weighted by Crippen LogP contribution is 2.10. The summed E-state index contributed by atoms with van der Waals surface area (Å²) in [5, 5.41) is 0. The van der Waals surface area contributed by atoms with Crippen LogP contribution in [-0.4, -0.2) is 5.97 Å². The van der Waals surface area contributed by atoms with Gasteiger partial charge in [0.1, 0.15) is 5.76 Å². The number of carbonyl (C=O) groups excluding carboxylic acids is 1. The second kappa shape index (κ2) is 5.22. The maximum atomic E-state index is 10.7. The van der Waals surface area contributed by atoms with Crippen molar-refractivity contribution in [3.63, 3.8) is 0 Å². The first-order chi connectivity index (χ1) is 6.72. The average Bonchev–Trinajstić information content (AvgIpc) is 2.17. The van der Waals surface area contributed by atoms with Crippen LogP contribution in [0.2, 0.25) is 0 Å². The summed E-state index contributed by atoms with van der Waals surface area (Å²) >= 11 is 0. The van der Waals surface area contributed by atoms with Gasteiger partial charge in [0.15, 0.2) is 0 Å². The molecule has 1 rings (SSSR count). The summed E-state index contributed by atoms with van der Waals surface area (Å²) in [6.45, 7) is 3.37. The minimum atomic E-state index is -0.269. The summed E-state index contributed by atoms with van der Waals surface area (Å²) in [6, 6.07) is 9.80. The van der Waals surface area contributed by atoms with Crippen molar-refractivity contribution in [3.8, 4) is 0 Å². The lowest BCUT2D eigenvalue weighted by Gasteiger charge is -2.03. The van der Waals surface area contributed by atoms with E-state index in [-0.39, 0.29) is 5.97 Å². The van der Waals surface area contributed by atoms with Crippen LogP contribution in [0.4, 0.5) is 0 Å². The molecule has 0 aliphatic rings. The normalized spacial score (nSPS) is 11.1. The van der Waals surface area contributed by atoms with Crippen molar-refractivity contribution < 1.29 is 9.53 Å². The van der Waals surface area contributed by atoms with Gasteiger partial charge in [0, 0.05) is 13.3 Å². The first kappa shape index (κ1) is 10.5. The third kappa shape index (κ3) is 3.44. The van der Waals surface area contributed by atoms with E-state index in [0.717, 1.165) is 5.56 Å². The van der Waals surface area contributed by atoms with Crippen LogP contribution in [0.25, 0.3) is 6.08 Å². The van der Waals surface area contributed by atoms with Gasteiger partial charge in [0.05, 0.1) is 0 Å². The molecule has 1 aromatic rings. The Morgan fingerprint density at radius 2 is 2.00 bits per heavy atom. The Balaban J connectivity index is 2.78. The van der Waals surface area contributed by atoms with E-state index < -0.39 is 0 Å². The van der Waals surface area contributed by atoms with E-state index in [2.05, 4.69) is 0 Å². The standard InChI is InChI=1S/C12H14O2/c1-3-12(14-10(2)13)9-11-7-5-4-6-8-11/h4-9H,3H2,1-2H3/b12-9+. The van der Waals surface area contributed by atoms with Crippen molar-refractivity contribution in [2.45, 2.75) is 20.3 Å². The fourth-order valence-electron chi connectivity index (χ4n) is 1.12. The van der Waals surface area contributed by atoms with E-state index >= 15 is 0 Å². The lowest BCUT2D eigenvalue weighted by molar-refractivity contribution is -0.136. The van der Waals surface area contributed by atoms with Crippen molar-refractivity contribution in [2.75, 3.05) is 0 Å². The molecule has 14 heavy (non-hydrogen) atoms. The number of carbonyl (C=O) groups is 1. The number of rotatable bonds is 3. The van der Waals surface area contributed by atoms with E-state index in [1.807, 2.05) is 43.3 Å². The molecule has 2 nitrogen and oxygen atoms in total. The average molecular weight is 190 g/mol. The third-order valence-corrected chi connectivity index (χ3v) is 1.75. The van der Waals surface area contributed by atoms with Gasteiger partial charge in [0.25, 0.3) is 0 Å². The van der Waals surface area contributed by atoms with Gasteiger partial charge in [-0.2, -0.15) is 0 Å². The van der Waals surface area contributed by atoms with E-state index in [0.29, 0.717) is 12.2 Å². The fraction of sp³-hybridized carbons (Fsp3) is 0.250.